The van der Waals surface area contributed by atoms with Gasteiger partial charge in [-0.1, -0.05) is 18.2 Å². The lowest BCUT2D eigenvalue weighted by molar-refractivity contribution is -0.150. The van der Waals surface area contributed by atoms with Crippen molar-refractivity contribution in [2.24, 2.45) is 0 Å². The molecule has 108 valence electrons. The van der Waals surface area contributed by atoms with E-state index in [0.717, 1.165) is 29.4 Å². The topological polar surface area (TPSA) is 64.1 Å². The van der Waals surface area contributed by atoms with Gasteiger partial charge in [0.2, 0.25) is 0 Å². The van der Waals surface area contributed by atoms with Crippen LogP contribution in [0.4, 0.5) is 0 Å². The van der Waals surface area contributed by atoms with E-state index >= 15 is 0 Å². The molecule has 1 aromatic rings. The summed E-state index contributed by atoms with van der Waals surface area (Å²) in [7, 11) is 1.80. The Morgan fingerprint density at radius 1 is 1.58 bits per heavy atom. The third-order valence-electron chi connectivity index (χ3n) is 2.92. The van der Waals surface area contributed by atoms with Crippen molar-refractivity contribution >= 4 is 29.3 Å². The molecule has 0 radical (unpaired) electrons. The van der Waals surface area contributed by atoms with Crippen LogP contribution in [0.3, 0.4) is 0 Å². The van der Waals surface area contributed by atoms with Crippen molar-refractivity contribution in [2.75, 3.05) is 19.4 Å². The van der Waals surface area contributed by atoms with E-state index in [1.54, 1.807) is 25.1 Å². The molecule has 1 atom stereocenters. The Hall–Kier alpha value is -0.660. The normalized spacial score (nSPS) is 14.1. The fourth-order valence-electron chi connectivity index (χ4n) is 1.59. The molecular formula is C12H21N3O2S2. The van der Waals surface area contributed by atoms with Crippen molar-refractivity contribution in [3.63, 3.8) is 0 Å². The zero-order valence-corrected chi connectivity index (χ0v) is 13.3. The van der Waals surface area contributed by atoms with E-state index in [-0.39, 0.29) is 5.97 Å². The molecule has 0 saturated heterocycles. The summed E-state index contributed by atoms with van der Waals surface area (Å²) in [6.45, 7) is 4.14. The van der Waals surface area contributed by atoms with Gasteiger partial charge in [0.05, 0.1) is 6.61 Å². The number of hydrogen-bond donors (Lipinski definition) is 1. The Morgan fingerprint density at radius 3 is 2.95 bits per heavy atom. The van der Waals surface area contributed by atoms with Gasteiger partial charge < -0.3 is 10.1 Å². The second-order valence-electron chi connectivity index (χ2n) is 4.32. The number of nitrogens with zero attached hydrogens (tertiary/aromatic N) is 2. The molecule has 0 bridgehead atoms. The first kappa shape index (κ1) is 16.4. The maximum absolute atomic E-state index is 11.8. The minimum Gasteiger partial charge on any atom is -0.465 e. The van der Waals surface area contributed by atoms with Gasteiger partial charge in [0.1, 0.15) is 11.9 Å². The number of likely N-dealkylation sites (N-methyl/N-ethyl adjacent to an activating group) is 1. The summed E-state index contributed by atoms with van der Waals surface area (Å²) < 4.78 is 10.0. The zero-order chi connectivity index (χ0) is 14.1. The molecule has 0 spiro atoms. The highest BCUT2D eigenvalue weighted by Gasteiger charge is 2.32. The molecule has 0 saturated carbocycles. The fraction of sp³-hybridized carbons (Fsp3) is 0.750. The van der Waals surface area contributed by atoms with Gasteiger partial charge >= 0.3 is 5.97 Å². The van der Waals surface area contributed by atoms with Gasteiger partial charge in [-0.25, -0.2) is 4.98 Å². The van der Waals surface area contributed by atoms with Crippen LogP contribution in [0.1, 0.15) is 33.1 Å². The number of carbonyl (C=O) groups excluding carboxylic acids is 1. The summed E-state index contributed by atoms with van der Waals surface area (Å²) in [5, 5.41) is 3.07. The Morgan fingerprint density at radius 2 is 2.37 bits per heavy atom. The van der Waals surface area contributed by atoms with Crippen LogP contribution in [-0.2, 0) is 9.53 Å². The maximum Gasteiger partial charge on any atom is 0.326 e. The standard InChI is InChI=1S/C12H21N3O2S2/c1-4-17-10(16)12(2,13-3)7-5-6-8-18-11-14-9-15-19-11/h9,13H,4-8H2,1-3H3. The predicted molar refractivity (Wildman–Crippen MR) is 78.6 cm³/mol. The monoisotopic (exact) mass is 303 g/mol. The van der Waals surface area contributed by atoms with Crippen molar-refractivity contribution < 1.29 is 9.53 Å². The van der Waals surface area contributed by atoms with Crippen LogP contribution in [0.5, 0.6) is 0 Å². The van der Waals surface area contributed by atoms with Gasteiger partial charge in [-0.15, -0.1) is 0 Å². The van der Waals surface area contributed by atoms with Crippen LogP contribution in [0.25, 0.3) is 0 Å². The Balaban J connectivity index is 2.23. The molecule has 1 aromatic heterocycles. The number of unbranched alkanes of at least 4 members (excludes halogenated alkanes) is 1. The number of rotatable bonds is 9. The molecule has 0 aliphatic heterocycles. The first-order valence-corrected chi connectivity index (χ1v) is 8.14. The summed E-state index contributed by atoms with van der Waals surface area (Å²) in [6, 6.07) is 0. The number of thioether (sulfide) groups is 1. The van der Waals surface area contributed by atoms with Crippen LogP contribution in [0.2, 0.25) is 0 Å². The Kier molecular flexibility index (Phi) is 7.33. The number of hydrogen-bond acceptors (Lipinski definition) is 7. The molecule has 0 aliphatic rings. The van der Waals surface area contributed by atoms with Gasteiger partial charge in [-0.2, -0.15) is 4.37 Å². The van der Waals surface area contributed by atoms with E-state index in [1.165, 1.54) is 11.5 Å². The van der Waals surface area contributed by atoms with Crippen LogP contribution in [0.15, 0.2) is 10.7 Å². The number of nitrogens with one attached hydrogen (secondary N) is 1. The van der Waals surface area contributed by atoms with Crippen molar-refractivity contribution in [1.82, 2.24) is 14.7 Å². The number of esters is 1. The zero-order valence-electron chi connectivity index (χ0n) is 11.6. The minimum atomic E-state index is -0.580. The minimum absolute atomic E-state index is 0.172. The molecule has 1 unspecified atom stereocenters. The highest BCUT2D eigenvalue weighted by molar-refractivity contribution is 8.00. The number of carbonyl (C=O) groups is 1. The SMILES string of the molecule is CCOC(=O)C(C)(CCCCSc1ncns1)NC. The van der Waals surface area contributed by atoms with E-state index < -0.39 is 5.54 Å². The van der Waals surface area contributed by atoms with E-state index in [2.05, 4.69) is 14.7 Å². The Bertz CT molecular complexity index is 373. The van der Waals surface area contributed by atoms with Crippen LogP contribution >= 0.6 is 23.3 Å². The lowest BCUT2D eigenvalue weighted by Gasteiger charge is -2.26. The van der Waals surface area contributed by atoms with E-state index in [1.807, 2.05) is 13.8 Å². The molecule has 1 rings (SSSR count). The molecule has 0 fully saturated rings. The van der Waals surface area contributed by atoms with E-state index in [0.29, 0.717) is 6.61 Å². The summed E-state index contributed by atoms with van der Waals surface area (Å²) in [6.07, 6.45) is 4.37. The smallest absolute Gasteiger partial charge is 0.326 e. The van der Waals surface area contributed by atoms with Crippen LogP contribution in [0, 0.1) is 0 Å². The van der Waals surface area contributed by atoms with Crippen LogP contribution < -0.4 is 5.32 Å². The van der Waals surface area contributed by atoms with Crippen molar-refractivity contribution in [3.8, 4) is 0 Å². The van der Waals surface area contributed by atoms with Crippen molar-refractivity contribution in [2.45, 2.75) is 43.0 Å². The second-order valence-corrected chi connectivity index (χ2v) is 6.44. The largest absolute Gasteiger partial charge is 0.465 e. The molecule has 0 amide bonds. The molecular weight excluding hydrogens is 282 g/mol. The highest BCUT2D eigenvalue weighted by atomic mass is 32.2. The molecule has 19 heavy (non-hydrogen) atoms. The lowest BCUT2D eigenvalue weighted by atomic mass is 9.95. The summed E-state index contributed by atoms with van der Waals surface area (Å²) in [5.41, 5.74) is -0.580. The van der Waals surface area contributed by atoms with Gasteiger partial charge in [0.25, 0.3) is 0 Å². The van der Waals surface area contributed by atoms with Gasteiger partial charge in [-0.3, -0.25) is 4.79 Å². The third-order valence-corrected chi connectivity index (χ3v) is 4.80. The van der Waals surface area contributed by atoms with Gasteiger partial charge in [0, 0.05) is 5.75 Å². The van der Waals surface area contributed by atoms with Crippen molar-refractivity contribution in [3.05, 3.63) is 6.33 Å². The Labute approximate surface area is 122 Å². The maximum atomic E-state index is 11.8. The van der Waals surface area contributed by atoms with Gasteiger partial charge in [-0.05, 0) is 45.3 Å². The van der Waals surface area contributed by atoms with E-state index in [9.17, 15) is 4.79 Å². The van der Waals surface area contributed by atoms with Gasteiger partial charge in [0.15, 0.2) is 4.34 Å². The summed E-state index contributed by atoms with van der Waals surface area (Å²) >= 11 is 3.13. The third kappa shape index (κ3) is 5.46. The number of aromatic nitrogens is 2. The second kappa shape index (κ2) is 8.50. The fourth-order valence-corrected chi connectivity index (χ4v) is 3.10. The highest BCUT2D eigenvalue weighted by Crippen LogP contribution is 2.21. The molecule has 5 nitrogen and oxygen atoms in total. The quantitative estimate of drug-likeness (QED) is 0.429. The first-order valence-electron chi connectivity index (χ1n) is 6.38. The summed E-state index contributed by atoms with van der Waals surface area (Å²) in [5.74, 6) is 0.826. The summed E-state index contributed by atoms with van der Waals surface area (Å²) in [4.78, 5) is 16.0. The molecule has 1 heterocycles. The van der Waals surface area contributed by atoms with Crippen molar-refractivity contribution in [1.29, 1.82) is 0 Å². The molecule has 7 heteroatoms. The predicted octanol–water partition coefficient (Wildman–Crippen LogP) is 2.34. The number of ether oxygens (including phenoxy) is 1. The van der Waals surface area contributed by atoms with E-state index in [4.69, 9.17) is 4.74 Å². The molecule has 0 aliphatic carbocycles. The first-order chi connectivity index (χ1) is 9.12. The molecule has 0 aromatic carbocycles. The lowest BCUT2D eigenvalue weighted by Crippen LogP contribution is -2.48. The average molecular weight is 303 g/mol. The molecule has 1 N–H and O–H groups in total. The van der Waals surface area contributed by atoms with Crippen LogP contribution in [-0.4, -0.2) is 40.3 Å². The average Bonchev–Trinajstić information content (AvgIpc) is 2.91.